The maximum atomic E-state index is 12.4. The third-order valence-electron chi connectivity index (χ3n) is 3.37. The van der Waals surface area contributed by atoms with Crippen molar-refractivity contribution >= 4 is 39.6 Å². The highest BCUT2D eigenvalue weighted by molar-refractivity contribution is 9.10. The van der Waals surface area contributed by atoms with Crippen LogP contribution >= 0.6 is 27.7 Å². The summed E-state index contributed by atoms with van der Waals surface area (Å²) in [5, 5.41) is 3.71. The Balaban J connectivity index is 1.91. The van der Waals surface area contributed by atoms with Gasteiger partial charge in [0.15, 0.2) is 0 Å². The van der Waals surface area contributed by atoms with Gasteiger partial charge in [0.05, 0.1) is 12.7 Å². The molecular weight excluding hydrogens is 404 g/mol. The van der Waals surface area contributed by atoms with E-state index in [9.17, 15) is 9.59 Å². The topological polar surface area (TPSA) is 68.3 Å². The van der Waals surface area contributed by atoms with Gasteiger partial charge in [-0.05, 0) is 53.0 Å². The summed E-state index contributed by atoms with van der Waals surface area (Å²) in [6, 6.07) is 11.3. The molecule has 0 fully saturated rings. The fourth-order valence-corrected chi connectivity index (χ4v) is 3.19. The molecule has 0 saturated carbocycles. The molecule has 0 saturated heterocycles. The Morgan fingerprint density at radius 2 is 2.00 bits per heavy atom. The quantitative estimate of drug-likeness (QED) is 0.512. The Morgan fingerprint density at radius 3 is 2.72 bits per heavy atom. The molecule has 5 nitrogen and oxygen atoms in total. The molecule has 0 unspecified atom stereocenters. The molecule has 0 aliphatic rings. The van der Waals surface area contributed by atoms with E-state index < -0.39 is 0 Å². The van der Waals surface area contributed by atoms with Crippen LogP contribution in [0, 0.1) is 0 Å². The smallest absolute Gasteiger partial charge is 0.305 e. The molecule has 25 heavy (non-hydrogen) atoms. The molecule has 1 N–H and O–H groups in total. The van der Waals surface area contributed by atoms with Gasteiger partial charge in [-0.15, -0.1) is 0 Å². The van der Waals surface area contributed by atoms with Gasteiger partial charge in [-0.25, -0.2) is 4.98 Å². The van der Waals surface area contributed by atoms with Gasteiger partial charge < -0.3 is 10.1 Å². The average molecular weight is 423 g/mol. The first kappa shape index (κ1) is 19.5. The third kappa shape index (κ3) is 6.51. The normalized spacial score (nSPS) is 10.3. The van der Waals surface area contributed by atoms with Crippen molar-refractivity contribution in [2.45, 2.75) is 29.2 Å². The molecule has 0 bridgehead atoms. The highest BCUT2D eigenvalue weighted by atomic mass is 79.9. The maximum absolute atomic E-state index is 12.4. The number of rotatable bonds is 8. The predicted octanol–water partition coefficient (Wildman–Crippen LogP) is 4.07. The van der Waals surface area contributed by atoms with E-state index in [1.54, 1.807) is 12.3 Å². The molecule has 7 heteroatoms. The second kappa shape index (κ2) is 10.2. The van der Waals surface area contributed by atoms with Gasteiger partial charge in [0.25, 0.3) is 5.91 Å². The van der Waals surface area contributed by atoms with Crippen molar-refractivity contribution in [1.29, 1.82) is 0 Å². The molecule has 2 rings (SSSR count). The number of carbonyl (C=O) groups excluding carboxylic acids is 2. The molecule has 1 amide bonds. The largest absolute Gasteiger partial charge is 0.469 e. The number of unbranched alkanes of at least 4 members (excludes halogenated alkanes) is 1. The van der Waals surface area contributed by atoms with Crippen molar-refractivity contribution in [3.05, 3.63) is 52.6 Å². The number of nitrogens with one attached hydrogen (secondary N) is 1. The minimum Gasteiger partial charge on any atom is -0.469 e. The second-order valence-corrected chi connectivity index (χ2v) is 7.18. The van der Waals surface area contributed by atoms with Crippen molar-refractivity contribution in [3.63, 3.8) is 0 Å². The van der Waals surface area contributed by atoms with Crippen LogP contribution in [-0.2, 0) is 9.53 Å². The van der Waals surface area contributed by atoms with E-state index in [-0.39, 0.29) is 11.9 Å². The van der Waals surface area contributed by atoms with Crippen molar-refractivity contribution < 1.29 is 14.3 Å². The third-order valence-corrected chi connectivity index (χ3v) is 4.86. The number of amides is 1. The van der Waals surface area contributed by atoms with Crippen LogP contribution in [0.2, 0.25) is 0 Å². The van der Waals surface area contributed by atoms with Gasteiger partial charge in [0.1, 0.15) is 5.03 Å². The predicted molar refractivity (Wildman–Crippen MR) is 101 cm³/mol. The Labute approximate surface area is 159 Å². The lowest BCUT2D eigenvalue weighted by Crippen LogP contribution is -2.25. The summed E-state index contributed by atoms with van der Waals surface area (Å²) in [5.41, 5.74) is 0.616. The Morgan fingerprint density at radius 1 is 1.20 bits per heavy atom. The Kier molecular flexibility index (Phi) is 7.94. The van der Waals surface area contributed by atoms with Crippen LogP contribution in [0.3, 0.4) is 0 Å². The van der Waals surface area contributed by atoms with Gasteiger partial charge in [-0.2, -0.15) is 0 Å². The number of esters is 1. The SMILES string of the molecule is COC(=O)CCCCNC(=O)c1ccccc1Sc1ccc(Br)cn1. The molecule has 1 aromatic heterocycles. The lowest BCUT2D eigenvalue weighted by molar-refractivity contribution is -0.140. The van der Waals surface area contributed by atoms with E-state index in [4.69, 9.17) is 0 Å². The maximum Gasteiger partial charge on any atom is 0.305 e. The summed E-state index contributed by atoms with van der Waals surface area (Å²) < 4.78 is 5.50. The van der Waals surface area contributed by atoms with E-state index in [0.717, 1.165) is 20.8 Å². The van der Waals surface area contributed by atoms with E-state index >= 15 is 0 Å². The fourth-order valence-electron chi connectivity index (χ4n) is 2.07. The molecule has 1 aromatic carbocycles. The van der Waals surface area contributed by atoms with Gasteiger partial charge in [0.2, 0.25) is 0 Å². The number of pyridine rings is 1. The minimum atomic E-state index is -0.227. The van der Waals surface area contributed by atoms with Crippen molar-refractivity contribution in [2.24, 2.45) is 0 Å². The molecule has 0 spiro atoms. The van der Waals surface area contributed by atoms with Gasteiger partial charge in [-0.1, -0.05) is 23.9 Å². The summed E-state index contributed by atoms with van der Waals surface area (Å²) in [6.45, 7) is 0.519. The molecule has 132 valence electrons. The number of aromatic nitrogens is 1. The van der Waals surface area contributed by atoms with Crippen molar-refractivity contribution in [3.8, 4) is 0 Å². The van der Waals surface area contributed by atoms with Gasteiger partial charge in [0, 0.05) is 28.5 Å². The lowest BCUT2D eigenvalue weighted by atomic mass is 10.2. The van der Waals surface area contributed by atoms with E-state index in [1.165, 1.54) is 18.9 Å². The number of hydrogen-bond acceptors (Lipinski definition) is 5. The second-order valence-electron chi connectivity index (χ2n) is 5.20. The van der Waals surface area contributed by atoms with Crippen LogP contribution in [0.1, 0.15) is 29.6 Å². The molecule has 0 atom stereocenters. The van der Waals surface area contributed by atoms with E-state index in [0.29, 0.717) is 24.9 Å². The fraction of sp³-hybridized carbons (Fsp3) is 0.278. The average Bonchev–Trinajstić information content (AvgIpc) is 2.63. The van der Waals surface area contributed by atoms with Gasteiger partial charge >= 0.3 is 5.97 Å². The van der Waals surface area contributed by atoms with Crippen LogP contribution in [0.4, 0.5) is 0 Å². The minimum absolute atomic E-state index is 0.127. The first-order chi connectivity index (χ1) is 12.1. The number of nitrogens with zero attached hydrogens (tertiary/aromatic N) is 1. The lowest BCUT2D eigenvalue weighted by Gasteiger charge is -2.09. The first-order valence-corrected chi connectivity index (χ1v) is 9.44. The van der Waals surface area contributed by atoms with Crippen molar-refractivity contribution in [1.82, 2.24) is 10.3 Å². The van der Waals surface area contributed by atoms with Crippen LogP contribution in [0.25, 0.3) is 0 Å². The molecular formula is C18H19BrN2O3S. The van der Waals surface area contributed by atoms with E-state index in [1.807, 2.05) is 30.3 Å². The molecule has 0 aliphatic heterocycles. The summed E-state index contributed by atoms with van der Waals surface area (Å²) >= 11 is 4.81. The summed E-state index contributed by atoms with van der Waals surface area (Å²) in [5.74, 6) is -0.353. The number of ether oxygens (including phenoxy) is 1. The first-order valence-electron chi connectivity index (χ1n) is 7.83. The summed E-state index contributed by atoms with van der Waals surface area (Å²) in [6.07, 6.45) is 3.51. The number of halogens is 1. The molecule has 2 aromatic rings. The highest BCUT2D eigenvalue weighted by Crippen LogP contribution is 2.29. The summed E-state index contributed by atoms with van der Waals surface area (Å²) in [4.78, 5) is 28.6. The van der Waals surface area contributed by atoms with Crippen molar-refractivity contribution in [2.75, 3.05) is 13.7 Å². The zero-order chi connectivity index (χ0) is 18.1. The highest BCUT2D eigenvalue weighted by Gasteiger charge is 2.12. The number of hydrogen-bond donors (Lipinski definition) is 1. The standard InChI is InChI=1S/C18H19BrN2O3S/c1-24-17(22)8-4-5-11-20-18(23)14-6-2-3-7-15(14)25-16-10-9-13(19)12-21-16/h2-3,6-7,9-10,12H,4-5,8,11H2,1H3,(H,20,23). The van der Waals surface area contributed by atoms with Crippen LogP contribution in [-0.4, -0.2) is 30.5 Å². The van der Waals surface area contributed by atoms with Crippen LogP contribution < -0.4 is 5.32 Å². The molecule has 0 radical (unpaired) electrons. The molecule has 1 heterocycles. The van der Waals surface area contributed by atoms with Gasteiger partial charge in [-0.3, -0.25) is 9.59 Å². The zero-order valence-electron chi connectivity index (χ0n) is 13.8. The Bertz CT molecular complexity index is 723. The van der Waals surface area contributed by atoms with Crippen LogP contribution in [0.5, 0.6) is 0 Å². The Hall–Kier alpha value is -1.86. The van der Waals surface area contributed by atoms with Crippen LogP contribution in [0.15, 0.2) is 57.0 Å². The number of carbonyl (C=O) groups is 2. The van der Waals surface area contributed by atoms with E-state index in [2.05, 4.69) is 31.0 Å². The number of methoxy groups -OCH3 is 1. The molecule has 0 aliphatic carbocycles. The monoisotopic (exact) mass is 422 g/mol. The summed E-state index contributed by atoms with van der Waals surface area (Å²) in [7, 11) is 1.37. The number of benzene rings is 1. The zero-order valence-corrected chi connectivity index (χ0v) is 16.2.